The number of nitrogens with zero attached hydrogens (tertiary/aromatic N) is 2. The number of nitrogens with one attached hydrogen (secondary N) is 1. The summed E-state index contributed by atoms with van der Waals surface area (Å²) >= 11 is 0. The molecule has 0 aliphatic carbocycles. The predicted molar refractivity (Wildman–Crippen MR) is 148 cm³/mol. The van der Waals surface area contributed by atoms with Gasteiger partial charge in [0.05, 0.1) is 25.4 Å². The Morgan fingerprint density at radius 2 is 1.70 bits per heavy atom. The van der Waals surface area contributed by atoms with E-state index in [9.17, 15) is 18.4 Å². The quantitative estimate of drug-likeness (QED) is 0.325. The molecule has 0 atom stereocenters. The van der Waals surface area contributed by atoms with Crippen LogP contribution in [0, 0.1) is 11.6 Å². The molecule has 0 radical (unpaired) electrons. The predicted octanol–water partition coefficient (Wildman–Crippen LogP) is 4.77. The van der Waals surface area contributed by atoms with Crippen molar-refractivity contribution >= 4 is 23.1 Å². The van der Waals surface area contributed by atoms with Crippen LogP contribution in [0.5, 0.6) is 5.75 Å². The van der Waals surface area contributed by atoms with E-state index >= 15 is 0 Å². The molecule has 2 heterocycles. The van der Waals surface area contributed by atoms with Gasteiger partial charge in [-0.3, -0.25) is 19.4 Å². The van der Waals surface area contributed by atoms with Crippen molar-refractivity contribution < 1.29 is 27.8 Å². The Morgan fingerprint density at radius 3 is 2.45 bits per heavy atom. The largest absolute Gasteiger partial charge is 0.449 e. The van der Waals surface area contributed by atoms with Crippen molar-refractivity contribution in [3.63, 3.8) is 0 Å². The van der Waals surface area contributed by atoms with Crippen molar-refractivity contribution in [1.82, 2.24) is 10.2 Å². The molecule has 0 bridgehead atoms. The number of morpholine rings is 1. The fourth-order valence-corrected chi connectivity index (χ4v) is 4.80. The molecule has 3 aromatic rings. The molecule has 0 aromatic heterocycles. The highest BCUT2D eigenvalue weighted by Crippen LogP contribution is 2.38. The van der Waals surface area contributed by atoms with Crippen LogP contribution >= 0.6 is 0 Å². The average Bonchev–Trinajstić information content (AvgIpc) is 2.98. The van der Waals surface area contributed by atoms with Gasteiger partial charge in [0.15, 0.2) is 11.5 Å². The summed E-state index contributed by atoms with van der Waals surface area (Å²) in [6, 6.07) is 17.3. The Bertz CT molecular complexity index is 1420. The number of allylic oxidation sites excluding steroid dienone is 1. The molecule has 7 nitrogen and oxygen atoms in total. The summed E-state index contributed by atoms with van der Waals surface area (Å²) in [5.74, 6) is -1.47. The Hall–Kier alpha value is -4.08. The van der Waals surface area contributed by atoms with Gasteiger partial charge < -0.3 is 14.8 Å². The van der Waals surface area contributed by atoms with Crippen LogP contribution in [0.25, 0.3) is 5.57 Å². The number of rotatable bonds is 8. The van der Waals surface area contributed by atoms with E-state index in [0.717, 1.165) is 45.3 Å². The zero-order valence-electron chi connectivity index (χ0n) is 22.3. The molecule has 5 rings (SSSR count). The standard InChI is InChI=1S/C31H31F2N3O4/c1-21(22-7-9-23(10-8-22)30(37)34-13-4-14-35-15-17-39-18-16-35)29-31(38)36(27-5-2-3-6-28(27)40-29)20-24-11-12-25(32)19-26(24)33/h2-3,5-12,19H,4,13-18,20H2,1H3,(H,34,37)/b29-21-. The van der Waals surface area contributed by atoms with Crippen LogP contribution in [0.2, 0.25) is 0 Å². The summed E-state index contributed by atoms with van der Waals surface area (Å²) in [6.07, 6.45) is 0.855. The van der Waals surface area contributed by atoms with Gasteiger partial charge in [-0.05, 0) is 55.8 Å². The van der Waals surface area contributed by atoms with E-state index in [2.05, 4.69) is 10.2 Å². The number of carbonyl (C=O) groups excluding carboxylic acids is 2. The van der Waals surface area contributed by atoms with E-state index in [4.69, 9.17) is 9.47 Å². The third-order valence-electron chi connectivity index (χ3n) is 7.11. The van der Waals surface area contributed by atoms with E-state index in [1.165, 1.54) is 17.0 Å². The van der Waals surface area contributed by atoms with Crippen LogP contribution in [-0.2, 0) is 16.1 Å². The number of benzene rings is 3. The molecule has 1 N–H and O–H groups in total. The summed E-state index contributed by atoms with van der Waals surface area (Å²) < 4.78 is 39.3. The van der Waals surface area contributed by atoms with E-state index in [-0.39, 0.29) is 23.8 Å². The molecule has 208 valence electrons. The highest BCUT2D eigenvalue weighted by molar-refractivity contribution is 6.11. The fourth-order valence-electron chi connectivity index (χ4n) is 4.80. The minimum atomic E-state index is -0.728. The molecule has 0 unspecified atom stereocenters. The minimum absolute atomic E-state index is 0.0905. The van der Waals surface area contributed by atoms with Gasteiger partial charge in [0.25, 0.3) is 11.8 Å². The molecule has 9 heteroatoms. The number of hydrogen-bond acceptors (Lipinski definition) is 5. The van der Waals surface area contributed by atoms with E-state index in [1.54, 1.807) is 55.5 Å². The van der Waals surface area contributed by atoms with E-state index < -0.39 is 17.5 Å². The Morgan fingerprint density at radius 1 is 0.975 bits per heavy atom. The SMILES string of the molecule is C/C(=C1/Oc2ccccc2N(Cc2ccc(F)cc2F)C1=O)c1ccc(C(=O)NCCCN2CCOCC2)cc1. The van der Waals surface area contributed by atoms with Crippen LogP contribution in [-0.4, -0.2) is 56.1 Å². The molecule has 2 aliphatic rings. The summed E-state index contributed by atoms with van der Waals surface area (Å²) in [6.45, 7) is 6.51. The molecular formula is C31H31F2N3O4. The van der Waals surface area contributed by atoms with Gasteiger partial charge in [-0.15, -0.1) is 0 Å². The number of carbonyl (C=O) groups is 2. The fraction of sp³-hybridized carbons (Fsp3) is 0.290. The van der Waals surface area contributed by atoms with Crippen molar-refractivity contribution in [2.45, 2.75) is 19.9 Å². The first-order chi connectivity index (χ1) is 19.4. The van der Waals surface area contributed by atoms with Crippen LogP contribution in [0.1, 0.15) is 34.8 Å². The Balaban J connectivity index is 1.29. The second-order valence-electron chi connectivity index (χ2n) is 9.79. The van der Waals surface area contributed by atoms with Gasteiger partial charge in [-0.25, -0.2) is 8.78 Å². The van der Waals surface area contributed by atoms with Gasteiger partial charge in [-0.2, -0.15) is 0 Å². The van der Waals surface area contributed by atoms with Crippen LogP contribution in [0.15, 0.2) is 72.5 Å². The van der Waals surface area contributed by atoms with Gasteiger partial charge in [0, 0.05) is 42.4 Å². The van der Waals surface area contributed by atoms with Crippen LogP contribution in [0.3, 0.4) is 0 Å². The summed E-state index contributed by atoms with van der Waals surface area (Å²) in [5, 5.41) is 2.96. The topological polar surface area (TPSA) is 71.1 Å². The zero-order chi connectivity index (χ0) is 28.1. The third-order valence-corrected chi connectivity index (χ3v) is 7.11. The zero-order valence-corrected chi connectivity index (χ0v) is 22.3. The summed E-state index contributed by atoms with van der Waals surface area (Å²) in [4.78, 5) is 30.0. The normalized spacial score (nSPS) is 16.8. The van der Waals surface area contributed by atoms with Crippen LogP contribution in [0.4, 0.5) is 14.5 Å². The molecule has 0 saturated carbocycles. The van der Waals surface area contributed by atoms with Gasteiger partial charge in [0.1, 0.15) is 11.6 Å². The lowest BCUT2D eigenvalue weighted by Crippen LogP contribution is -2.38. The molecule has 40 heavy (non-hydrogen) atoms. The average molecular weight is 548 g/mol. The molecular weight excluding hydrogens is 516 g/mol. The first-order valence-corrected chi connectivity index (χ1v) is 13.3. The summed E-state index contributed by atoms with van der Waals surface area (Å²) in [5.41, 5.74) is 2.47. The maximum atomic E-state index is 14.5. The van der Waals surface area contributed by atoms with Gasteiger partial charge >= 0.3 is 0 Å². The van der Waals surface area contributed by atoms with Crippen molar-refractivity contribution in [3.05, 3.63) is 101 Å². The Kier molecular flexibility index (Phi) is 8.52. The lowest BCUT2D eigenvalue weighted by molar-refractivity contribution is -0.117. The molecule has 2 aliphatic heterocycles. The Labute approximate surface area is 232 Å². The molecule has 0 spiro atoms. The number of amides is 2. The number of fused-ring (bicyclic) bond motifs is 1. The minimum Gasteiger partial charge on any atom is -0.449 e. The lowest BCUT2D eigenvalue weighted by atomic mass is 10.0. The number of hydrogen-bond donors (Lipinski definition) is 1. The second-order valence-corrected chi connectivity index (χ2v) is 9.79. The number of ether oxygens (including phenoxy) is 2. The van der Waals surface area contributed by atoms with E-state index in [0.29, 0.717) is 34.7 Å². The highest BCUT2D eigenvalue weighted by Gasteiger charge is 2.32. The maximum Gasteiger partial charge on any atom is 0.294 e. The molecule has 2 amide bonds. The maximum absolute atomic E-state index is 14.5. The van der Waals surface area contributed by atoms with Gasteiger partial charge in [-0.1, -0.05) is 30.3 Å². The number of para-hydroxylation sites is 2. The van der Waals surface area contributed by atoms with Crippen molar-refractivity contribution in [1.29, 1.82) is 0 Å². The van der Waals surface area contributed by atoms with Gasteiger partial charge in [0.2, 0.25) is 0 Å². The third kappa shape index (κ3) is 6.21. The van der Waals surface area contributed by atoms with Crippen molar-refractivity contribution in [3.8, 4) is 5.75 Å². The molecule has 3 aromatic carbocycles. The van der Waals surface area contributed by atoms with Crippen LogP contribution < -0.4 is 15.0 Å². The number of halogens is 2. The first-order valence-electron chi connectivity index (χ1n) is 13.3. The van der Waals surface area contributed by atoms with Crippen molar-refractivity contribution in [2.75, 3.05) is 44.3 Å². The van der Waals surface area contributed by atoms with Crippen molar-refractivity contribution in [2.24, 2.45) is 0 Å². The number of anilines is 1. The molecule has 1 fully saturated rings. The second kappa shape index (κ2) is 12.4. The monoisotopic (exact) mass is 547 g/mol. The lowest BCUT2D eigenvalue weighted by Gasteiger charge is -2.31. The summed E-state index contributed by atoms with van der Waals surface area (Å²) in [7, 11) is 0. The highest BCUT2D eigenvalue weighted by atomic mass is 19.1. The first kappa shape index (κ1) is 27.5. The van der Waals surface area contributed by atoms with E-state index in [1.807, 2.05) is 0 Å². The molecule has 1 saturated heterocycles. The smallest absolute Gasteiger partial charge is 0.294 e.